The number of carbonyl (C=O) groups excluding carboxylic acids is 1. The second-order valence-corrected chi connectivity index (χ2v) is 6.30. The summed E-state index contributed by atoms with van der Waals surface area (Å²) in [4.78, 5) is 23.0. The quantitative estimate of drug-likeness (QED) is 0.461. The van der Waals surface area contributed by atoms with Gasteiger partial charge in [-0.15, -0.1) is 0 Å². The molecule has 0 saturated carbocycles. The predicted octanol–water partition coefficient (Wildman–Crippen LogP) is 3.14. The minimum Gasteiger partial charge on any atom is -0.492 e. The van der Waals surface area contributed by atoms with Gasteiger partial charge in [-0.3, -0.25) is 15.0 Å². The van der Waals surface area contributed by atoms with Crippen molar-refractivity contribution in [3.8, 4) is 17.0 Å². The first-order chi connectivity index (χ1) is 13.6. The van der Waals surface area contributed by atoms with E-state index in [1.54, 1.807) is 29.9 Å². The van der Waals surface area contributed by atoms with E-state index >= 15 is 0 Å². The maximum absolute atomic E-state index is 11.6. The highest BCUT2D eigenvalue weighted by atomic mass is 16.5. The topological polar surface area (TPSA) is 87.6 Å². The van der Waals surface area contributed by atoms with Crippen molar-refractivity contribution in [2.75, 3.05) is 26.2 Å². The molecule has 146 valence electrons. The molecule has 7 nitrogen and oxygen atoms in total. The Morgan fingerprint density at radius 1 is 1.14 bits per heavy atom. The van der Waals surface area contributed by atoms with Gasteiger partial charge in [0, 0.05) is 17.7 Å². The van der Waals surface area contributed by atoms with Crippen LogP contribution in [0.4, 0.5) is 0 Å². The van der Waals surface area contributed by atoms with E-state index in [4.69, 9.17) is 9.94 Å². The molecular formula is C21H24N4O3. The number of carbonyl (C=O) groups is 1. The Bertz CT molecular complexity index is 957. The summed E-state index contributed by atoms with van der Waals surface area (Å²) in [6.45, 7) is 7.78. The summed E-state index contributed by atoms with van der Waals surface area (Å²) in [5.41, 5.74) is 4.75. The minimum atomic E-state index is -0.585. The molecule has 0 radical (unpaired) electrons. The van der Waals surface area contributed by atoms with Crippen LogP contribution >= 0.6 is 0 Å². The zero-order valence-electron chi connectivity index (χ0n) is 16.1. The first kappa shape index (κ1) is 19.7. The lowest BCUT2D eigenvalue weighted by molar-refractivity contribution is 0.0706. The summed E-state index contributed by atoms with van der Waals surface area (Å²) in [7, 11) is 0. The van der Waals surface area contributed by atoms with Crippen LogP contribution in [-0.2, 0) is 0 Å². The Labute approximate surface area is 163 Å². The van der Waals surface area contributed by atoms with Crippen LogP contribution in [0.25, 0.3) is 22.3 Å². The van der Waals surface area contributed by atoms with Gasteiger partial charge in [-0.1, -0.05) is 26.0 Å². The second kappa shape index (κ2) is 9.25. The van der Waals surface area contributed by atoms with Crippen molar-refractivity contribution < 1.29 is 14.7 Å². The van der Waals surface area contributed by atoms with Crippen molar-refractivity contribution in [3.63, 3.8) is 0 Å². The van der Waals surface area contributed by atoms with Crippen molar-refractivity contribution >= 4 is 16.9 Å². The molecule has 1 amide bonds. The molecule has 0 spiro atoms. The number of benzene rings is 2. The minimum absolute atomic E-state index is 0.315. The molecule has 3 aromatic rings. The van der Waals surface area contributed by atoms with Crippen LogP contribution in [0.15, 0.2) is 48.7 Å². The summed E-state index contributed by atoms with van der Waals surface area (Å²) in [5, 5.41) is 8.81. The van der Waals surface area contributed by atoms with Crippen LogP contribution < -0.4 is 10.2 Å². The lowest BCUT2D eigenvalue weighted by Gasteiger charge is -2.18. The Hall–Kier alpha value is -3.03. The van der Waals surface area contributed by atoms with Gasteiger partial charge >= 0.3 is 0 Å². The SMILES string of the molecule is CCN(CC)CCOc1cccc(-c2cnc3ccc(C(=O)NO)cc3n2)c1. The molecule has 0 atom stereocenters. The van der Waals surface area contributed by atoms with Crippen LogP contribution in [-0.4, -0.2) is 52.2 Å². The van der Waals surface area contributed by atoms with E-state index in [0.717, 1.165) is 30.9 Å². The van der Waals surface area contributed by atoms with Gasteiger partial charge in [0.05, 0.1) is 22.9 Å². The smallest absolute Gasteiger partial charge is 0.274 e. The van der Waals surface area contributed by atoms with Crippen LogP contribution in [0, 0.1) is 0 Å². The third kappa shape index (κ3) is 4.62. The summed E-state index contributed by atoms with van der Waals surface area (Å²) < 4.78 is 5.88. The number of hydroxylamine groups is 1. The standard InChI is InChI=1S/C21H24N4O3/c1-3-25(4-2)10-11-28-17-7-5-6-15(12-17)20-14-22-18-9-8-16(21(26)24-27)13-19(18)23-20/h5-9,12-14,27H,3-4,10-11H2,1-2H3,(H,24,26). The summed E-state index contributed by atoms with van der Waals surface area (Å²) in [6, 6.07) is 12.6. The van der Waals surface area contributed by atoms with Gasteiger partial charge in [-0.2, -0.15) is 0 Å². The van der Waals surface area contributed by atoms with E-state index in [2.05, 4.69) is 28.7 Å². The van der Waals surface area contributed by atoms with Gasteiger partial charge in [0.1, 0.15) is 12.4 Å². The van der Waals surface area contributed by atoms with E-state index in [-0.39, 0.29) is 0 Å². The van der Waals surface area contributed by atoms with Crippen molar-refractivity contribution in [3.05, 3.63) is 54.2 Å². The first-order valence-corrected chi connectivity index (χ1v) is 9.31. The number of amides is 1. The van der Waals surface area contributed by atoms with E-state index in [1.807, 2.05) is 24.3 Å². The van der Waals surface area contributed by atoms with E-state index in [0.29, 0.717) is 28.9 Å². The molecule has 7 heteroatoms. The molecule has 2 N–H and O–H groups in total. The fraction of sp³-hybridized carbons (Fsp3) is 0.286. The Balaban J connectivity index is 1.80. The Morgan fingerprint density at radius 2 is 1.96 bits per heavy atom. The number of ether oxygens (including phenoxy) is 1. The molecule has 2 aromatic carbocycles. The lowest BCUT2D eigenvalue weighted by atomic mass is 10.1. The van der Waals surface area contributed by atoms with Crippen molar-refractivity contribution in [1.82, 2.24) is 20.3 Å². The summed E-state index contributed by atoms with van der Waals surface area (Å²) in [6.07, 6.45) is 1.70. The molecule has 1 heterocycles. The third-order valence-corrected chi connectivity index (χ3v) is 4.61. The Kier molecular flexibility index (Phi) is 6.52. The maximum Gasteiger partial charge on any atom is 0.274 e. The average Bonchev–Trinajstić information content (AvgIpc) is 2.75. The van der Waals surface area contributed by atoms with Crippen LogP contribution in [0.5, 0.6) is 5.75 Å². The van der Waals surface area contributed by atoms with Gasteiger partial charge in [0.2, 0.25) is 0 Å². The summed E-state index contributed by atoms with van der Waals surface area (Å²) >= 11 is 0. The summed E-state index contributed by atoms with van der Waals surface area (Å²) in [5.74, 6) is 0.192. The number of aromatic nitrogens is 2. The number of nitrogens with one attached hydrogen (secondary N) is 1. The highest BCUT2D eigenvalue weighted by molar-refractivity contribution is 5.96. The first-order valence-electron chi connectivity index (χ1n) is 9.31. The zero-order chi connectivity index (χ0) is 19.9. The molecule has 0 unspecified atom stereocenters. The zero-order valence-corrected chi connectivity index (χ0v) is 16.1. The number of rotatable bonds is 8. The Morgan fingerprint density at radius 3 is 2.71 bits per heavy atom. The number of likely N-dealkylation sites (N-methyl/N-ethyl adjacent to an activating group) is 1. The van der Waals surface area contributed by atoms with Gasteiger partial charge in [-0.05, 0) is 43.4 Å². The fourth-order valence-electron chi connectivity index (χ4n) is 2.93. The molecule has 0 bridgehead atoms. The predicted molar refractivity (Wildman–Crippen MR) is 108 cm³/mol. The highest BCUT2D eigenvalue weighted by Gasteiger charge is 2.09. The number of hydrogen-bond donors (Lipinski definition) is 2. The lowest BCUT2D eigenvalue weighted by Crippen LogP contribution is -2.27. The van der Waals surface area contributed by atoms with Crippen LogP contribution in [0.2, 0.25) is 0 Å². The van der Waals surface area contributed by atoms with E-state index < -0.39 is 5.91 Å². The van der Waals surface area contributed by atoms with Crippen LogP contribution in [0.3, 0.4) is 0 Å². The third-order valence-electron chi connectivity index (χ3n) is 4.61. The molecule has 28 heavy (non-hydrogen) atoms. The molecule has 3 rings (SSSR count). The molecule has 0 saturated heterocycles. The monoisotopic (exact) mass is 380 g/mol. The molecule has 0 aliphatic carbocycles. The molecule has 1 aromatic heterocycles. The van der Waals surface area contributed by atoms with Gasteiger partial charge in [-0.25, -0.2) is 10.5 Å². The van der Waals surface area contributed by atoms with Gasteiger partial charge in [0.15, 0.2) is 0 Å². The molecule has 0 aliphatic rings. The van der Waals surface area contributed by atoms with Crippen molar-refractivity contribution in [1.29, 1.82) is 0 Å². The van der Waals surface area contributed by atoms with Gasteiger partial charge in [0.25, 0.3) is 5.91 Å². The molecule has 0 fully saturated rings. The van der Waals surface area contributed by atoms with E-state index in [9.17, 15) is 4.79 Å². The highest BCUT2D eigenvalue weighted by Crippen LogP contribution is 2.24. The number of nitrogens with zero attached hydrogens (tertiary/aromatic N) is 3. The normalized spacial score (nSPS) is 11.0. The molecular weight excluding hydrogens is 356 g/mol. The van der Waals surface area contributed by atoms with Crippen molar-refractivity contribution in [2.45, 2.75) is 13.8 Å². The fourth-order valence-corrected chi connectivity index (χ4v) is 2.93. The average molecular weight is 380 g/mol. The molecule has 0 aliphatic heterocycles. The van der Waals surface area contributed by atoms with Crippen LogP contribution in [0.1, 0.15) is 24.2 Å². The largest absolute Gasteiger partial charge is 0.492 e. The second-order valence-electron chi connectivity index (χ2n) is 6.30. The van der Waals surface area contributed by atoms with Crippen molar-refractivity contribution in [2.24, 2.45) is 0 Å². The number of hydrogen-bond acceptors (Lipinski definition) is 6. The van der Waals surface area contributed by atoms with Gasteiger partial charge < -0.3 is 9.64 Å². The number of fused-ring (bicyclic) bond motifs is 1. The maximum atomic E-state index is 11.6. The van der Waals surface area contributed by atoms with E-state index in [1.165, 1.54) is 0 Å².